The number of nitrogens with one attached hydrogen (secondary N) is 2. The summed E-state index contributed by atoms with van der Waals surface area (Å²) >= 11 is 0. The third-order valence-corrected chi connectivity index (χ3v) is 5.37. The number of aliphatic imine (C=N–C) groups is 1. The number of phenolic OH excluding ortho intramolecular Hbond substituents is 1. The number of ether oxygens (including phenoxy) is 2. The third-order valence-electron chi connectivity index (χ3n) is 5.37. The molecule has 0 saturated carbocycles. The number of hydrogen-bond acceptors (Lipinski definition) is 4. The second kappa shape index (κ2) is 10.5. The molecule has 1 heterocycles. The fourth-order valence-corrected chi connectivity index (χ4v) is 3.85. The van der Waals surface area contributed by atoms with Gasteiger partial charge in [-0.1, -0.05) is 6.07 Å². The van der Waals surface area contributed by atoms with Crippen LogP contribution >= 0.6 is 0 Å². The molecule has 1 atom stereocenters. The Hall–Kier alpha value is -1.79. The molecule has 0 aromatic heterocycles. The highest BCUT2D eigenvalue weighted by molar-refractivity contribution is 5.79. The Bertz CT molecular complexity index is 627. The van der Waals surface area contributed by atoms with E-state index in [0.717, 1.165) is 63.4 Å². The second-order valence-corrected chi connectivity index (χ2v) is 7.32. The molecule has 0 radical (unpaired) electrons. The second-order valence-electron chi connectivity index (χ2n) is 7.32. The molecule has 1 aromatic carbocycles. The molecule has 1 saturated heterocycles. The number of phenols is 1. The number of hydrogen-bond donors (Lipinski definition) is 3. The topological polar surface area (TPSA) is 75.1 Å². The predicted octanol–water partition coefficient (Wildman–Crippen LogP) is 2.52. The van der Waals surface area contributed by atoms with Gasteiger partial charge in [0.15, 0.2) is 5.96 Å². The van der Waals surface area contributed by atoms with Gasteiger partial charge in [-0.05, 0) is 62.1 Å². The normalized spacial score (nSPS) is 19.7. The van der Waals surface area contributed by atoms with Crippen LogP contribution in [0.4, 0.5) is 0 Å². The summed E-state index contributed by atoms with van der Waals surface area (Å²) in [5.74, 6) is 1.13. The summed E-state index contributed by atoms with van der Waals surface area (Å²) in [5, 5.41) is 16.9. The molecule has 1 fully saturated rings. The van der Waals surface area contributed by atoms with Gasteiger partial charge in [0, 0.05) is 38.9 Å². The number of benzene rings is 1. The highest BCUT2D eigenvalue weighted by Crippen LogP contribution is 2.30. The lowest BCUT2D eigenvalue weighted by atomic mass is 9.88. The van der Waals surface area contributed by atoms with Crippen LogP contribution in [-0.4, -0.2) is 50.6 Å². The van der Waals surface area contributed by atoms with E-state index in [1.165, 1.54) is 24.0 Å². The van der Waals surface area contributed by atoms with E-state index in [2.05, 4.69) is 21.7 Å². The zero-order chi connectivity index (χ0) is 18.9. The summed E-state index contributed by atoms with van der Waals surface area (Å²) in [5.41, 5.74) is 3.70. The van der Waals surface area contributed by atoms with Crippen LogP contribution < -0.4 is 10.6 Å². The van der Waals surface area contributed by atoms with E-state index in [1.807, 2.05) is 6.07 Å². The molecule has 1 aliphatic heterocycles. The first-order valence-electron chi connectivity index (χ1n) is 10.2. The van der Waals surface area contributed by atoms with Gasteiger partial charge in [-0.25, -0.2) is 0 Å². The van der Waals surface area contributed by atoms with Gasteiger partial charge in [-0.15, -0.1) is 0 Å². The number of rotatable bonds is 8. The van der Waals surface area contributed by atoms with Crippen LogP contribution in [0.5, 0.6) is 5.75 Å². The van der Waals surface area contributed by atoms with Crippen LogP contribution in [0.3, 0.4) is 0 Å². The van der Waals surface area contributed by atoms with Crippen LogP contribution in [0, 0.1) is 0 Å². The summed E-state index contributed by atoms with van der Waals surface area (Å²) in [6, 6.07) is 3.89. The number of fused-ring (bicyclic) bond motifs is 1. The van der Waals surface area contributed by atoms with Gasteiger partial charge >= 0.3 is 0 Å². The van der Waals surface area contributed by atoms with Gasteiger partial charge in [0.05, 0.1) is 12.7 Å². The molecule has 1 aliphatic carbocycles. The molecule has 6 heteroatoms. The molecule has 1 unspecified atom stereocenters. The summed E-state index contributed by atoms with van der Waals surface area (Å²) in [6.45, 7) is 3.67. The van der Waals surface area contributed by atoms with Crippen LogP contribution in [0.1, 0.15) is 48.8 Å². The lowest BCUT2D eigenvalue weighted by molar-refractivity contribution is 0.0168. The summed E-state index contributed by atoms with van der Waals surface area (Å²) in [6.07, 6.45) is 8.07. The van der Waals surface area contributed by atoms with E-state index in [9.17, 15) is 5.11 Å². The van der Waals surface area contributed by atoms with Crippen molar-refractivity contribution in [3.63, 3.8) is 0 Å². The maximum absolute atomic E-state index is 10.3. The molecule has 2 aliphatic rings. The van der Waals surface area contributed by atoms with Gasteiger partial charge in [0.1, 0.15) is 5.75 Å². The molecular weight excluding hydrogens is 342 g/mol. The van der Waals surface area contributed by atoms with Crippen molar-refractivity contribution in [3.05, 3.63) is 28.8 Å². The van der Waals surface area contributed by atoms with Crippen molar-refractivity contribution in [1.29, 1.82) is 0 Å². The average Bonchev–Trinajstić information content (AvgIpc) is 3.21. The van der Waals surface area contributed by atoms with Crippen LogP contribution in [0.25, 0.3) is 0 Å². The molecule has 27 heavy (non-hydrogen) atoms. The minimum absolute atomic E-state index is 0.289. The van der Waals surface area contributed by atoms with Crippen molar-refractivity contribution in [2.75, 3.05) is 33.4 Å². The monoisotopic (exact) mass is 375 g/mol. The Kier molecular flexibility index (Phi) is 7.78. The van der Waals surface area contributed by atoms with E-state index >= 15 is 0 Å². The standard InChI is InChI=1S/C21H33N3O3/c1-22-21(23-11-5-12-26-15-17-7-4-13-27-17)24-14-19-18-8-3-2-6-16(18)9-10-20(19)25/h9-10,17,25H,2-8,11-15H2,1H3,(H2,22,23,24). The van der Waals surface area contributed by atoms with E-state index in [4.69, 9.17) is 9.47 Å². The summed E-state index contributed by atoms with van der Waals surface area (Å²) in [7, 11) is 1.77. The quantitative estimate of drug-likeness (QED) is 0.370. The van der Waals surface area contributed by atoms with Crippen molar-refractivity contribution in [2.24, 2.45) is 4.99 Å². The maximum Gasteiger partial charge on any atom is 0.191 e. The number of nitrogens with zero attached hydrogens (tertiary/aromatic N) is 1. The fraction of sp³-hybridized carbons (Fsp3) is 0.667. The lowest BCUT2D eigenvalue weighted by Gasteiger charge is -2.21. The Balaban J connectivity index is 1.38. The Labute approximate surface area is 162 Å². The van der Waals surface area contributed by atoms with Gasteiger partial charge < -0.3 is 25.2 Å². The Morgan fingerprint density at radius 3 is 2.96 bits per heavy atom. The smallest absolute Gasteiger partial charge is 0.191 e. The molecule has 0 amide bonds. The zero-order valence-corrected chi connectivity index (χ0v) is 16.4. The first kappa shape index (κ1) is 20.0. The Morgan fingerprint density at radius 2 is 2.15 bits per heavy atom. The predicted molar refractivity (Wildman–Crippen MR) is 107 cm³/mol. The minimum Gasteiger partial charge on any atom is -0.508 e. The van der Waals surface area contributed by atoms with Crippen molar-refractivity contribution >= 4 is 5.96 Å². The molecule has 3 N–H and O–H groups in total. The number of guanidine groups is 1. The molecule has 0 bridgehead atoms. The maximum atomic E-state index is 10.3. The van der Waals surface area contributed by atoms with Gasteiger partial charge in [-0.2, -0.15) is 0 Å². The first-order chi connectivity index (χ1) is 13.3. The van der Waals surface area contributed by atoms with E-state index < -0.39 is 0 Å². The molecule has 1 aromatic rings. The van der Waals surface area contributed by atoms with E-state index in [-0.39, 0.29) is 6.10 Å². The van der Waals surface area contributed by atoms with Gasteiger partial charge in [0.2, 0.25) is 0 Å². The van der Waals surface area contributed by atoms with Crippen molar-refractivity contribution in [1.82, 2.24) is 10.6 Å². The van der Waals surface area contributed by atoms with Crippen LogP contribution in [0.2, 0.25) is 0 Å². The van der Waals surface area contributed by atoms with Crippen LogP contribution in [0.15, 0.2) is 17.1 Å². The largest absolute Gasteiger partial charge is 0.508 e. The van der Waals surface area contributed by atoms with Crippen molar-refractivity contribution in [2.45, 2.75) is 57.6 Å². The summed E-state index contributed by atoms with van der Waals surface area (Å²) < 4.78 is 11.2. The molecule has 3 rings (SSSR count). The highest BCUT2D eigenvalue weighted by atomic mass is 16.5. The third kappa shape index (κ3) is 5.84. The van der Waals surface area contributed by atoms with E-state index in [0.29, 0.717) is 18.9 Å². The molecule has 6 nitrogen and oxygen atoms in total. The van der Waals surface area contributed by atoms with Crippen molar-refractivity contribution < 1.29 is 14.6 Å². The Morgan fingerprint density at radius 1 is 1.26 bits per heavy atom. The lowest BCUT2D eigenvalue weighted by Crippen LogP contribution is -2.38. The fourth-order valence-electron chi connectivity index (χ4n) is 3.85. The van der Waals surface area contributed by atoms with Crippen LogP contribution in [-0.2, 0) is 28.9 Å². The molecular formula is C21H33N3O3. The highest BCUT2D eigenvalue weighted by Gasteiger charge is 2.17. The number of aryl methyl sites for hydroxylation is 1. The minimum atomic E-state index is 0.289. The zero-order valence-electron chi connectivity index (χ0n) is 16.4. The summed E-state index contributed by atoms with van der Waals surface area (Å²) in [4.78, 5) is 4.28. The molecule has 150 valence electrons. The van der Waals surface area contributed by atoms with Crippen molar-refractivity contribution in [3.8, 4) is 5.75 Å². The SMILES string of the molecule is CN=C(NCCCOCC1CCCO1)NCc1c(O)ccc2c1CCCC2. The van der Waals surface area contributed by atoms with Gasteiger partial charge in [-0.3, -0.25) is 4.99 Å². The average molecular weight is 376 g/mol. The van der Waals surface area contributed by atoms with E-state index in [1.54, 1.807) is 7.05 Å². The number of aromatic hydroxyl groups is 1. The van der Waals surface area contributed by atoms with Gasteiger partial charge in [0.25, 0.3) is 0 Å². The molecule has 0 spiro atoms. The first-order valence-corrected chi connectivity index (χ1v) is 10.2.